The van der Waals surface area contributed by atoms with Gasteiger partial charge in [-0.1, -0.05) is 31.2 Å². The number of ether oxygens (including phenoxy) is 3. The number of anilines is 1. The van der Waals surface area contributed by atoms with Gasteiger partial charge < -0.3 is 28.6 Å². The second-order valence-corrected chi connectivity index (χ2v) is 8.16. The Bertz CT molecular complexity index is 1340. The Morgan fingerprint density at radius 2 is 1.89 bits per heavy atom. The normalized spacial score (nSPS) is 13.3. The second-order valence-electron chi connectivity index (χ2n) is 8.16. The largest absolute Gasteiger partial charge is 0.497 e. The van der Waals surface area contributed by atoms with Crippen molar-refractivity contribution in [3.8, 4) is 17.2 Å². The van der Waals surface area contributed by atoms with Gasteiger partial charge in [0.1, 0.15) is 22.8 Å². The van der Waals surface area contributed by atoms with Crippen LogP contribution in [0.3, 0.4) is 0 Å². The number of aliphatic carboxylic acids is 1. The molecule has 4 aromatic rings. The van der Waals surface area contributed by atoms with Crippen LogP contribution in [-0.2, 0) is 11.3 Å². The fourth-order valence-electron chi connectivity index (χ4n) is 3.70. The summed E-state index contributed by atoms with van der Waals surface area (Å²) in [5, 5.41) is 9.33. The van der Waals surface area contributed by atoms with Crippen molar-refractivity contribution in [2.45, 2.75) is 32.4 Å². The van der Waals surface area contributed by atoms with Crippen LogP contribution in [0.1, 0.15) is 29.4 Å². The van der Waals surface area contributed by atoms with Gasteiger partial charge in [0, 0.05) is 13.1 Å². The first-order chi connectivity index (χ1) is 18.7. The lowest BCUT2D eigenvalue weighted by molar-refractivity contribution is -0.145. The number of nitrogens with zero attached hydrogens (tertiary/aromatic N) is 2. The molecule has 8 nitrogen and oxygen atoms in total. The first-order valence-electron chi connectivity index (χ1n) is 13.2. The molecule has 1 aromatic heterocycles. The van der Waals surface area contributed by atoms with Crippen molar-refractivity contribution >= 4 is 23.1 Å². The highest BCUT2D eigenvalue weighted by atomic mass is 16.5. The van der Waals surface area contributed by atoms with Crippen LogP contribution < -0.4 is 19.1 Å². The fourth-order valence-corrected chi connectivity index (χ4v) is 3.70. The van der Waals surface area contributed by atoms with Crippen LogP contribution in [0.5, 0.6) is 17.2 Å². The van der Waals surface area contributed by atoms with E-state index in [1.807, 2.05) is 47.4 Å². The van der Waals surface area contributed by atoms with E-state index in [0.717, 1.165) is 11.1 Å². The predicted octanol–water partition coefficient (Wildman–Crippen LogP) is 5.55. The number of hydrogen-bond donors (Lipinski definition) is 1. The van der Waals surface area contributed by atoms with E-state index in [1.54, 1.807) is 37.3 Å². The number of hydrogen-bond acceptors (Lipinski definition) is 7. The summed E-state index contributed by atoms with van der Waals surface area (Å²) in [4.78, 5) is 18.0. The van der Waals surface area contributed by atoms with Gasteiger partial charge in [0.25, 0.3) is 6.01 Å². The lowest BCUT2D eigenvalue weighted by Gasteiger charge is -2.21. The van der Waals surface area contributed by atoms with Gasteiger partial charge in [-0.25, -0.2) is 4.79 Å². The van der Waals surface area contributed by atoms with Crippen LogP contribution in [0.25, 0.3) is 11.1 Å². The summed E-state index contributed by atoms with van der Waals surface area (Å²) in [6.07, 6.45) is 0.0722. The molecule has 3 aromatic carbocycles. The Kier molecular flexibility index (Phi) is 7.02. The van der Waals surface area contributed by atoms with Gasteiger partial charge in [-0.2, -0.15) is 4.98 Å². The average molecular weight is 495 g/mol. The Morgan fingerprint density at radius 3 is 2.64 bits per heavy atom. The molecule has 0 bridgehead atoms. The summed E-state index contributed by atoms with van der Waals surface area (Å²) in [6.45, 7) is 3.18. The number of methoxy groups -OCH3 is 1. The van der Waals surface area contributed by atoms with Crippen LogP contribution >= 0.6 is 0 Å². The Morgan fingerprint density at radius 1 is 1.08 bits per heavy atom. The molecule has 4 rings (SSSR count). The molecule has 0 aliphatic heterocycles. The molecule has 8 heteroatoms. The Balaban J connectivity index is 1.43. The topological polar surface area (TPSA) is 94.3 Å². The van der Waals surface area contributed by atoms with Crippen molar-refractivity contribution in [2.75, 3.05) is 25.1 Å². The van der Waals surface area contributed by atoms with E-state index in [4.69, 9.17) is 22.7 Å². The van der Waals surface area contributed by atoms with Gasteiger partial charge >= 0.3 is 5.97 Å². The highest BCUT2D eigenvalue weighted by Crippen LogP contribution is 2.25. The third-order valence-electron chi connectivity index (χ3n) is 5.53. The van der Waals surface area contributed by atoms with E-state index in [2.05, 4.69) is 4.98 Å². The van der Waals surface area contributed by atoms with Gasteiger partial charge in [-0.3, -0.25) is 0 Å². The number of para-hydroxylation sites is 2. The maximum atomic E-state index is 11.4. The van der Waals surface area contributed by atoms with E-state index in [-0.39, 0.29) is 5.75 Å². The number of fused-ring (bicyclic) bond motifs is 1. The summed E-state index contributed by atoms with van der Waals surface area (Å²) in [6, 6.07) is 21.7. The molecule has 1 N–H and O–H groups in total. The maximum absolute atomic E-state index is 11.4. The molecule has 0 saturated heterocycles. The zero-order valence-corrected chi connectivity index (χ0v) is 19.9. The Labute approximate surface area is 214 Å². The molecule has 0 unspecified atom stereocenters. The molecule has 0 fully saturated rings. The minimum Gasteiger partial charge on any atom is -0.497 e. The molecule has 0 amide bonds. The van der Waals surface area contributed by atoms with Gasteiger partial charge in [-0.05, 0) is 66.9 Å². The Hall–Kier alpha value is -4.20. The van der Waals surface area contributed by atoms with E-state index in [9.17, 15) is 9.90 Å². The van der Waals surface area contributed by atoms with Crippen molar-refractivity contribution in [3.05, 3.63) is 78.4 Å². The quantitative estimate of drug-likeness (QED) is 0.191. The molecule has 0 saturated carbocycles. The zero-order chi connectivity index (χ0) is 27.8. The molecule has 0 aliphatic rings. The van der Waals surface area contributed by atoms with Crippen molar-refractivity contribution in [1.82, 2.24) is 4.98 Å². The van der Waals surface area contributed by atoms with E-state index < -0.39 is 19.1 Å². The number of carbonyl (C=O) groups is 1. The van der Waals surface area contributed by atoms with Crippen molar-refractivity contribution in [3.63, 3.8) is 0 Å². The number of carboxylic acid groups (broad SMARTS) is 1. The third kappa shape index (κ3) is 6.47. The molecule has 0 aliphatic carbocycles. The minimum atomic E-state index is -2.50. The number of aromatic nitrogens is 1. The van der Waals surface area contributed by atoms with Crippen LogP contribution in [0.15, 0.2) is 77.2 Å². The third-order valence-corrected chi connectivity index (χ3v) is 5.53. The first-order valence-corrected chi connectivity index (χ1v) is 11.7. The highest BCUT2D eigenvalue weighted by Gasteiger charge is 2.18. The number of carboxylic acids is 1. The van der Waals surface area contributed by atoms with Crippen molar-refractivity contribution in [2.24, 2.45) is 0 Å². The summed E-state index contributed by atoms with van der Waals surface area (Å²) < 4.78 is 43.9. The zero-order valence-electron chi connectivity index (χ0n) is 22.9. The highest BCUT2D eigenvalue weighted by molar-refractivity contribution is 5.74. The molecular formula is C28H30N2O6. The lowest BCUT2D eigenvalue weighted by atomic mass is 10.2. The predicted molar refractivity (Wildman–Crippen MR) is 137 cm³/mol. The van der Waals surface area contributed by atoms with Crippen LogP contribution in [-0.4, -0.2) is 42.4 Å². The molecule has 188 valence electrons. The number of benzene rings is 3. The average Bonchev–Trinajstić information content (AvgIpc) is 3.33. The lowest BCUT2D eigenvalue weighted by Crippen LogP contribution is -2.27. The smallest absolute Gasteiger partial charge is 0.344 e. The van der Waals surface area contributed by atoms with Crippen LogP contribution in [0, 0.1) is 0 Å². The molecule has 36 heavy (non-hydrogen) atoms. The van der Waals surface area contributed by atoms with Crippen LogP contribution in [0.4, 0.5) is 6.01 Å². The van der Waals surface area contributed by atoms with E-state index in [1.165, 1.54) is 0 Å². The standard InChI is InChI=1S/C28H30N2O6/c1-3-25(27(31)32)35-23-9-6-8-20(18-23)19-30(28-29-24-10-4-5-11-26(24)36-28)16-7-17-34-22-14-12-21(33-2)13-15-22/h4-6,8-15,18,25H,3,7,16-17,19H2,1-2H3,(H,31,32)/t25-/m1/s1/i2+1D3. The monoisotopic (exact) mass is 494 g/mol. The molecule has 1 heterocycles. The maximum Gasteiger partial charge on any atom is 0.344 e. The SMILES string of the molecule is [2H][13C]([2H])([2H])Oc1ccc(OCCCN(Cc2cccc(O[C@H](CC)C(=O)O)c2)c2nc3ccccc3o2)cc1. The molecule has 0 radical (unpaired) electrons. The summed E-state index contributed by atoms with van der Waals surface area (Å²) in [7, 11) is -2.50. The summed E-state index contributed by atoms with van der Waals surface area (Å²) >= 11 is 0. The minimum absolute atomic E-state index is 0.240. The molecule has 0 spiro atoms. The van der Waals surface area contributed by atoms with Gasteiger partial charge in [0.15, 0.2) is 11.7 Å². The molecule has 1 atom stereocenters. The second kappa shape index (κ2) is 12.0. The van der Waals surface area contributed by atoms with E-state index >= 15 is 0 Å². The van der Waals surface area contributed by atoms with Gasteiger partial charge in [-0.15, -0.1) is 0 Å². The molecular weight excluding hydrogens is 461 g/mol. The first kappa shape index (κ1) is 21.1. The van der Waals surface area contributed by atoms with Crippen molar-refractivity contribution < 1.29 is 32.6 Å². The summed E-state index contributed by atoms with van der Waals surface area (Å²) in [5.41, 5.74) is 2.33. The van der Waals surface area contributed by atoms with Gasteiger partial charge in [0.2, 0.25) is 0 Å². The number of oxazole rings is 1. The van der Waals surface area contributed by atoms with E-state index in [0.29, 0.717) is 55.6 Å². The van der Waals surface area contributed by atoms with Gasteiger partial charge in [0.05, 0.1) is 17.8 Å². The number of rotatable bonds is 13. The van der Waals surface area contributed by atoms with Crippen LogP contribution in [0.2, 0.25) is 0 Å². The fraction of sp³-hybridized carbons (Fsp3) is 0.286. The van der Waals surface area contributed by atoms with Crippen molar-refractivity contribution in [1.29, 1.82) is 0 Å². The summed E-state index contributed by atoms with van der Waals surface area (Å²) in [5.74, 6) is 0.309.